The summed E-state index contributed by atoms with van der Waals surface area (Å²) in [6.07, 6.45) is 0. The van der Waals surface area contributed by atoms with Gasteiger partial charge in [0.05, 0.1) is 4.90 Å². The summed E-state index contributed by atoms with van der Waals surface area (Å²) in [6, 6.07) is 8.47. The van der Waals surface area contributed by atoms with Gasteiger partial charge in [-0.05, 0) is 12.1 Å². The Morgan fingerprint density at radius 2 is 1.50 bits per heavy atom. The summed E-state index contributed by atoms with van der Waals surface area (Å²) in [6.45, 7) is 0. The van der Waals surface area contributed by atoms with Crippen molar-refractivity contribution in [2.24, 2.45) is 0 Å². The zero-order valence-electron chi connectivity index (χ0n) is 5.65. The summed E-state index contributed by atoms with van der Waals surface area (Å²) in [5, 5.41) is 0. The van der Waals surface area contributed by atoms with E-state index in [0.717, 1.165) is 0 Å². The standard InChI is InChI=1S/C6H6O2S.Na.2H2O.H/c7-9(8)6-4-2-1-3-5-6;;;;/h1-5H,(H,7,8);;2*1H2;. The maximum absolute atomic E-state index is 10.3. The predicted octanol–water partition coefficient (Wildman–Crippen LogP) is -1.03. The van der Waals surface area contributed by atoms with E-state index >= 15 is 0 Å². The Morgan fingerprint density at radius 3 is 1.75 bits per heavy atom. The molecular weight excluding hydrogens is 191 g/mol. The van der Waals surface area contributed by atoms with Crippen molar-refractivity contribution in [1.29, 1.82) is 0 Å². The molecule has 0 fully saturated rings. The van der Waals surface area contributed by atoms with Gasteiger partial charge in [0.25, 0.3) is 0 Å². The van der Waals surface area contributed by atoms with Crippen molar-refractivity contribution < 1.29 is 19.7 Å². The molecule has 0 aromatic heterocycles. The van der Waals surface area contributed by atoms with Crippen LogP contribution in [0.25, 0.3) is 0 Å². The van der Waals surface area contributed by atoms with Crippen molar-refractivity contribution >= 4 is 40.6 Å². The quantitative estimate of drug-likeness (QED) is 0.465. The monoisotopic (exact) mass is 202 g/mol. The fourth-order valence-electron chi connectivity index (χ4n) is 0.537. The van der Waals surface area contributed by atoms with E-state index in [4.69, 9.17) is 4.55 Å². The van der Waals surface area contributed by atoms with Crippen LogP contribution in [0.3, 0.4) is 0 Å². The average molecular weight is 202 g/mol. The molecule has 0 aliphatic rings. The topological polar surface area (TPSA) is 100 Å². The molecule has 0 radical (unpaired) electrons. The van der Waals surface area contributed by atoms with Crippen LogP contribution in [-0.4, -0.2) is 49.3 Å². The SMILES string of the molecule is O.O.O=S(O)c1ccccc1.[NaH]. The molecule has 66 valence electrons. The Hall–Kier alpha value is 0.250. The molecule has 0 aliphatic carbocycles. The fraction of sp³-hybridized carbons (Fsp3) is 0. The van der Waals surface area contributed by atoms with Gasteiger partial charge >= 0.3 is 29.6 Å². The van der Waals surface area contributed by atoms with Gasteiger partial charge in [0.1, 0.15) is 0 Å². The molecule has 0 heterocycles. The molecule has 1 aromatic rings. The molecule has 0 aliphatic heterocycles. The van der Waals surface area contributed by atoms with Gasteiger partial charge < -0.3 is 15.5 Å². The Morgan fingerprint density at radius 1 is 1.08 bits per heavy atom. The maximum atomic E-state index is 10.3. The van der Waals surface area contributed by atoms with E-state index in [1.54, 1.807) is 30.3 Å². The van der Waals surface area contributed by atoms with Crippen LogP contribution in [0.15, 0.2) is 35.2 Å². The van der Waals surface area contributed by atoms with Gasteiger partial charge in [-0.2, -0.15) is 0 Å². The van der Waals surface area contributed by atoms with Crippen LogP contribution in [0.1, 0.15) is 0 Å². The Kier molecular flexibility index (Phi) is 14.1. The van der Waals surface area contributed by atoms with Gasteiger partial charge in [0.2, 0.25) is 0 Å². The summed E-state index contributed by atoms with van der Waals surface area (Å²) in [4.78, 5) is 0.442. The first-order valence-corrected chi connectivity index (χ1v) is 3.57. The van der Waals surface area contributed by atoms with Crippen LogP contribution in [0.5, 0.6) is 0 Å². The summed E-state index contributed by atoms with van der Waals surface area (Å²) in [7, 11) is 0. The Labute approximate surface area is 95.2 Å². The zero-order valence-corrected chi connectivity index (χ0v) is 6.47. The molecule has 1 rings (SSSR count). The Balaban J connectivity index is -0.000000270. The minimum atomic E-state index is -1.83. The van der Waals surface area contributed by atoms with Crippen LogP contribution < -0.4 is 0 Å². The molecule has 1 aromatic carbocycles. The van der Waals surface area contributed by atoms with Gasteiger partial charge in [-0.1, -0.05) is 18.2 Å². The third kappa shape index (κ3) is 5.84. The van der Waals surface area contributed by atoms with Crippen molar-refractivity contribution in [2.75, 3.05) is 0 Å². The van der Waals surface area contributed by atoms with E-state index in [9.17, 15) is 4.21 Å². The molecule has 1 atom stereocenters. The predicted molar refractivity (Wildman–Crippen MR) is 49.9 cm³/mol. The first kappa shape index (κ1) is 18.1. The van der Waals surface area contributed by atoms with Crippen LogP contribution in [-0.2, 0) is 11.1 Å². The van der Waals surface area contributed by atoms with Gasteiger partial charge in [-0.3, -0.25) is 0 Å². The number of benzene rings is 1. The van der Waals surface area contributed by atoms with E-state index < -0.39 is 11.1 Å². The zero-order chi connectivity index (χ0) is 6.69. The van der Waals surface area contributed by atoms with E-state index in [-0.39, 0.29) is 40.5 Å². The second kappa shape index (κ2) is 9.34. The first-order valence-electron chi connectivity index (χ1n) is 2.46. The third-order valence-electron chi connectivity index (χ3n) is 0.945. The molecule has 0 saturated carbocycles. The normalized spacial score (nSPS) is 9.75. The minimum absolute atomic E-state index is 0. The second-order valence-electron chi connectivity index (χ2n) is 1.56. The summed E-state index contributed by atoms with van der Waals surface area (Å²) in [5.41, 5.74) is 0. The molecular formula is C6H11NaO4S. The van der Waals surface area contributed by atoms with Crippen molar-refractivity contribution in [3.05, 3.63) is 30.3 Å². The van der Waals surface area contributed by atoms with Crippen LogP contribution in [0.4, 0.5) is 0 Å². The van der Waals surface area contributed by atoms with Gasteiger partial charge in [-0.15, -0.1) is 0 Å². The van der Waals surface area contributed by atoms with E-state index in [1.165, 1.54) is 0 Å². The average Bonchev–Trinajstić information content (AvgIpc) is 1.90. The molecule has 4 nitrogen and oxygen atoms in total. The fourth-order valence-corrected chi connectivity index (χ4v) is 0.927. The molecule has 5 N–H and O–H groups in total. The molecule has 6 heteroatoms. The molecule has 0 bridgehead atoms. The van der Waals surface area contributed by atoms with Gasteiger partial charge in [-0.25, -0.2) is 4.21 Å². The summed E-state index contributed by atoms with van der Waals surface area (Å²) >= 11 is -1.83. The molecule has 0 amide bonds. The summed E-state index contributed by atoms with van der Waals surface area (Å²) in [5.74, 6) is 0. The molecule has 12 heavy (non-hydrogen) atoms. The van der Waals surface area contributed by atoms with E-state index in [1.807, 2.05) is 0 Å². The Bertz CT molecular complexity index is 216. The number of hydrogen-bond donors (Lipinski definition) is 1. The number of hydrogen-bond acceptors (Lipinski definition) is 1. The van der Waals surface area contributed by atoms with Crippen LogP contribution in [0, 0.1) is 0 Å². The van der Waals surface area contributed by atoms with Gasteiger partial charge in [0, 0.05) is 0 Å². The first-order chi connectivity index (χ1) is 4.30. The second-order valence-corrected chi connectivity index (χ2v) is 2.53. The molecule has 0 saturated heterocycles. The molecule has 0 spiro atoms. The van der Waals surface area contributed by atoms with Crippen LogP contribution in [0.2, 0.25) is 0 Å². The van der Waals surface area contributed by atoms with Crippen molar-refractivity contribution in [3.63, 3.8) is 0 Å². The summed E-state index contributed by atoms with van der Waals surface area (Å²) < 4.78 is 18.8. The van der Waals surface area contributed by atoms with Crippen LogP contribution >= 0.6 is 0 Å². The van der Waals surface area contributed by atoms with Crippen molar-refractivity contribution in [3.8, 4) is 0 Å². The third-order valence-corrected chi connectivity index (χ3v) is 1.62. The van der Waals surface area contributed by atoms with E-state index in [0.29, 0.717) is 4.90 Å². The van der Waals surface area contributed by atoms with Crippen molar-refractivity contribution in [2.45, 2.75) is 4.90 Å². The molecule has 1 unspecified atom stereocenters. The van der Waals surface area contributed by atoms with E-state index in [2.05, 4.69) is 0 Å². The van der Waals surface area contributed by atoms with Gasteiger partial charge in [0.15, 0.2) is 11.1 Å². The number of rotatable bonds is 1. The van der Waals surface area contributed by atoms with Crippen molar-refractivity contribution in [1.82, 2.24) is 0 Å².